The summed E-state index contributed by atoms with van der Waals surface area (Å²) < 4.78 is 5.71. The molecule has 0 saturated heterocycles. The first-order valence-electron chi connectivity index (χ1n) is 15.8. The largest absolute Gasteiger partial charge is 0.305 e. The molecule has 6 aromatic carbocycles. The number of nitrogens with zero attached hydrogens (tertiary/aromatic N) is 3. The number of rotatable bonds is 3. The first-order chi connectivity index (χ1) is 23.9. The van der Waals surface area contributed by atoms with E-state index in [9.17, 15) is 0 Å². The summed E-state index contributed by atoms with van der Waals surface area (Å²) >= 11 is 5.19. The molecule has 0 aliphatic carbocycles. The van der Waals surface area contributed by atoms with Gasteiger partial charge in [0.05, 0.1) is 11.0 Å². The van der Waals surface area contributed by atoms with Crippen molar-refractivity contribution < 1.29 is 24.7 Å². The van der Waals surface area contributed by atoms with Crippen LogP contribution < -0.4 is 4.57 Å². The second kappa shape index (κ2) is 16.0. The van der Waals surface area contributed by atoms with Gasteiger partial charge in [-0.15, -0.1) is 112 Å². The van der Waals surface area contributed by atoms with Gasteiger partial charge in [-0.1, -0.05) is 68.8 Å². The average molecular weight is 879 g/mol. The molecule has 0 amide bonds. The van der Waals surface area contributed by atoms with E-state index in [1.54, 1.807) is 34.0 Å². The first kappa shape index (κ1) is 35.3. The zero-order chi connectivity index (χ0) is 33.7. The Bertz CT molecular complexity index is 2350. The second-order valence-electron chi connectivity index (χ2n) is 11.6. The minimum absolute atomic E-state index is 0. The van der Waals surface area contributed by atoms with Gasteiger partial charge >= 0.3 is 0 Å². The van der Waals surface area contributed by atoms with Crippen molar-refractivity contribution in [3.05, 3.63) is 169 Å². The minimum Gasteiger partial charge on any atom is -0.305 e. The van der Waals surface area contributed by atoms with E-state index in [1.165, 1.54) is 36.3 Å². The molecule has 0 saturated carbocycles. The molecule has 0 unspecified atom stereocenters. The maximum absolute atomic E-state index is 4.61. The van der Waals surface area contributed by atoms with Crippen molar-refractivity contribution in [1.29, 1.82) is 0 Å². The van der Waals surface area contributed by atoms with Gasteiger partial charge in [0.15, 0.2) is 5.01 Å². The van der Waals surface area contributed by atoms with E-state index >= 15 is 0 Å². The number of aromatic nitrogens is 3. The average Bonchev–Trinajstić information content (AvgIpc) is 3.85. The Kier molecular flexibility index (Phi) is 11.3. The van der Waals surface area contributed by atoms with Gasteiger partial charge in [0.1, 0.15) is 5.52 Å². The van der Waals surface area contributed by atoms with Crippen molar-refractivity contribution in [3.8, 4) is 31.7 Å². The molecular weight excluding hydrogens is 847 g/mol. The van der Waals surface area contributed by atoms with Gasteiger partial charge in [-0.25, -0.2) is 0 Å². The summed E-state index contributed by atoms with van der Waals surface area (Å²) in [6.45, 7) is 6.27. The summed E-state index contributed by atoms with van der Waals surface area (Å²) in [5, 5.41) is 3.24. The van der Waals surface area contributed by atoms with Crippen molar-refractivity contribution in [3.63, 3.8) is 0 Å². The molecule has 0 fully saturated rings. The Balaban J connectivity index is 0.000000128. The zero-order valence-corrected chi connectivity index (χ0v) is 32.6. The third-order valence-electron chi connectivity index (χ3n) is 7.76. The van der Waals surface area contributed by atoms with Crippen LogP contribution in [0.25, 0.3) is 62.4 Å². The van der Waals surface area contributed by atoms with Crippen LogP contribution in [0.1, 0.15) is 16.7 Å². The van der Waals surface area contributed by atoms with E-state index in [1.807, 2.05) is 65.2 Å². The van der Waals surface area contributed by atoms with Gasteiger partial charge in [-0.05, 0) is 30.3 Å². The van der Waals surface area contributed by atoms with Crippen molar-refractivity contribution in [1.82, 2.24) is 9.97 Å². The third-order valence-corrected chi connectivity index (χ3v) is 11.1. The van der Waals surface area contributed by atoms with Crippen LogP contribution in [0.3, 0.4) is 0 Å². The molecule has 9 rings (SSSR count). The second-order valence-corrected chi connectivity index (χ2v) is 14.7. The molecule has 3 heterocycles. The van der Waals surface area contributed by atoms with Crippen LogP contribution in [0.4, 0.5) is 0 Å². The molecule has 0 aliphatic heterocycles. The van der Waals surface area contributed by atoms with Crippen LogP contribution in [0.2, 0.25) is 0 Å². The van der Waals surface area contributed by atoms with E-state index in [-0.39, 0.29) is 20.1 Å². The Morgan fingerprint density at radius 2 is 0.940 bits per heavy atom. The molecule has 9 aromatic rings. The van der Waals surface area contributed by atoms with Crippen LogP contribution in [-0.4, -0.2) is 9.97 Å². The molecule has 1 radical (unpaired) electrons. The van der Waals surface area contributed by atoms with Crippen molar-refractivity contribution in [2.45, 2.75) is 20.8 Å². The van der Waals surface area contributed by atoms with Gasteiger partial charge in [0.2, 0.25) is 0 Å². The summed E-state index contributed by atoms with van der Waals surface area (Å²) in [5.41, 5.74) is 10.3. The molecule has 0 bridgehead atoms. The van der Waals surface area contributed by atoms with E-state index < -0.39 is 0 Å². The van der Waals surface area contributed by atoms with Crippen LogP contribution in [-0.2, 0) is 20.1 Å². The summed E-state index contributed by atoms with van der Waals surface area (Å²) in [4.78, 5) is 9.22. The summed E-state index contributed by atoms with van der Waals surface area (Å²) in [6, 6.07) is 52.9. The molecule has 249 valence electrons. The molecule has 3 aromatic heterocycles. The van der Waals surface area contributed by atoms with Crippen LogP contribution >= 0.6 is 34.0 Å². The molecule has 0 spiro atoms. The topological polar surface area (TPSA) is 29.7 Å². The van der Waals surface area contributed by atoms with Crippen LogP contribution in [0.5, 0.6) is 0 Å². The number of fused-ring (bicyclic) bond motifs is 3. The quantitative estimate of drug-likeness (QED) is 0.131. The standard InChI is InChI=1S/C15H12NS.2C14H10NS.Ir/c1-11-6-5-7-12(10-11)15-16(2)13-8-3-4-9-14(13)17-15;2*1-10-5-4-6-11(9-10)14-15-12-7-2-3-8-13(12)16-14;/h3-6,8-10H,2H2,1H3;2*2-5,7-9H,1H3;/q3*-1;. The number of benzene rings is 6. The number of thiazole rings is 3. The molecule has 0 aliphatic rings. The van der Waals surface area contributed by atoms with Crippen molar-refractivity contribution in [2.24, 2.45) is 0 Å². The monoisotopic (exact) mass is 879 g/mol. The Morgan fingerprint density at radius 1 is 0.520 bits per heavy atom. The first-order valence-corrected chi connectivity index (χ1v) is 18.3. The van der Waals surface area contributed by atoms with Crippen LogP contribution in [0.15, 0.2) is 127 Å². The van der Waals surface area contributed by atoms with E-state index in [4.69, 9.17) is 0 Å². The molecule has 7 heteroatoms. The molecule has 0 N–H and O–H groups in total. The smallest absolute Gasteiger partial charge is 0.170 e. The number of hydrogen-bond donors (Lipinski definition) is 0. The minimum atomic E-state index is 0. The molecule has 3 nitrogen and oxygen atoms in total. The Labute approximate surface area is 319 Å². The molecular formula is C43H32IrN3S3-3. The van der Waals surface area contributed by atoms with Gasteiger partial charge in [-0.3, -0.25) is 9.97 Å². The number of para-hydroxylation sites is 3. The number of aryl methyl sites for hydroxylation is 3. The molecule has 50 heavy (non-hydrogen) atoms. The van der Waals surface area contributed by atoms with E-state index in [0.717, 1.165) is 42.7 Å². The van der Waals surface area contributed by atoms with E-state index in [2.05, 4.69) is 123 Å². The zero-order valence-electron chi connectivity index (χ0n) is 27.7. The van der Waals surface area contributed by atoms with Gasteiger partial charge in [0.25, 0.3) is 0 Å². The third kappa shape index (κ3) is 8.10. The predicted octanol–water partition coefficient (Wildman–Crippen LogP) is 11.7. The predicted molar refractivity (Wildman–Crippen MR) is 209 cm³/mol. The van der Waals surface area contributed by atoms with Crippen molar-refractivity contribution in [2.75, 3.05) is 0 Å². The van der Waals surface area contributed by atoms with Gasteiger partial charge in [0, 0.05) is 51.3 Å². The maximum Gasteiger partial charge on any atom is 0.170 e. The maximum atomic E-state index is 4.61. The Hall–Kier alpha value is -4.49. The van der Waals surface area contributed by atoms with Crippen LogP contribution in [0, 0.1) is 46.0 Å². The van der Waals surface area contributed by atoms with E-state index in [0.29, 0.717) is 0 Å². The van der Waals surface area contributed by atoms with Crippen molar-refractivity contribution >= 4 is 64.7 Å². The summed E-state index contributed by atoms with van der Waals surface area (Å²) in [6.07, 6.45) is 0. The molecule has 0 atom stereocenters. The van der Waals surface area contributed by atoms with Gasteiger partial charge in [-0.2, -0.15) is 22.7 Å². The SMILES string of the molecule is Cc1cc[c-]c(-c2nc3ccccc3s2)c1.Cc1cc[c-]c(-c2nc3ccccc3s2)c1.[CH2-][n+]1c(-c2[c-]ccc(C)c2)sc2ccccc21.[Ir]. The fourth-order valence-corrected chi connectivity index (χ4v) is 8.29. The Morgan fingerprint density at radius 3 is 1.40 bits per heavy atom. The van der Waals surface area contributed by atoms with Gasteiger partial charge < -0.3 is 4.57 Å². The fraction of sp³-hybridized carbons (Fsp3) is 0.0698. The fourth-order valence-electron chi connectivity index (χ4n) is 5.32. The summed E-state index contributed by atoms with van der Waals surface area (Å²) in [5.74, 6) is 0. The summed E-state index contributed by atoms with van der Waals surface area (Å²) in [7, 11) is 4.12. The normalized spacial score (nSPS) is 10.6. The number of hydrogen-bond acceptors (Lipinski definition) is 5.